The van der Waals surface area contributed by atoms with Gasteiger partial charge in [-0.05, 0) is 61.8 Å². The number of anilines is 1. The number of amides is 3. The first-order valence-corrected chi connectivity index (χ1v) is 10.8. The average molecular weight is 419 g/mol. The van der Waals surface area contributed by atoms with Crippen LogP contribution in [0, 0.1) is 5.92 Å². The molecule has 0 aromatic heterocycles. The van der Waals surface area contributed by atoms with Gasteiger partial charge >= 0.3 is 0 Å². The molecule has 2 unspecified atom stereocenters. The fraction of sp³-hybridized carbons (Fsp3) is 0.591. The van der Waals surface area contributed by atoms with Gasteiger partial charge in [0.15, 0.2) is 6.17 Å². The molecule has 1 saturated heterocycles. The van der Waals surface area contributed by atoms with E-state index in [1.165, 1.54) is 21.5 Å². The maximum atomic E-state index is 14.6. The van der Waals surface area contributed by atoms with E-state index in [4.69, 9.17) is 5.21 Å². The second kappa shape index (κ2) is 10.0. The number of halogens is 1. The number of alkyl halides is 1. The zero-order chi connectivity index (χ0) is 21.7. The van der Waals surface area contributed by atoms with Crippen molar-refractivity contribution in [2.75, 3.05) is 11.9 Å². The molecule has 0 spiro atoms. The van der Waals surface area contributed by atoms with E-state index in [-0.39, 0.29) is 12.3 Å². The van der Waals surface area contributed by atoms with Crippen LogP contribution in [-0.4, -0.2) is 46.6 Å². The average Bonchev–Trinajstić information content (AvgIpc) is 3.42. The van der Waals surface area contributed by atoms with Gasteiger partial charge in [-0.15, -0.1) is 0 Å². The van der Waals surface area contributed by atoms with Gasteiger partial charge in [-0.25, -0.2) is 9.87 Å². The summed E-state index contributed by atoms with van der Waals surface area (Å²) in [4.78, 5) is 39.0. The van der Waals surface area contributed by atoms with Crippen molar-refractivity contribution in [3.05, 3.63) is 29.3 Å². The van der Waals surface area contributed by atoms with Crippen molar-refractivity contribution >= 4 is 23.4 Å². The van der Waals surface area contributed by atoms with Gasteiger partial charge in [-0.1, -0.05) is 25.8 Å². The van der Waals surface area contributed by atoms with E-state index < -0.39 is 29.9 Å². The number of hydroxylamine groups is 1. The summed E-state index contributed by atoms with van der Waals surface area (Å²) in [5.41, 5.74) is 4.53. The number of hydrogen-bond acceptors (Lipinski definition) is 4. The van der Waals surface area contributed by atoms with Crippen molar-refractivity contribution in [2.45, 2.75) is 70.5 Å². The molecule has 8 heteroatoms. The highest BCUT2D eigenvalue weighted by Gasteiger charge is 2.41. The van der Waals surface area contributed by atoms with Gasteiger partial charge in [0, 0.05) is 12.2 Å². The molecule has 1 aliphatic heterocycles. The van der Waals surface area contributed by atoms with Crippen molar-refractivity contribution in [3.63, 3.8) is 0 Å². The Morgan fingerprint density at radius 1 is 1.23 bits per heavy atom. The van der Waals surface area contributed by atoms with Gasteiger partial charge in [-0.3, -0.25) is 19.6 Å². The number of benzene rings is 1. The van der Waals surface area contributed by atoms with Gasteiger partial charge in [0.05, 0.1) is 5.92 Å². The summed E-state index contributed by atoms with van der Waals surface area (Å²) < 4.78 is 14.6. The highest BCUT2D eigenvalue weighted by Crippen LogP contribution is 2.28. The molecule has 1 aliphatic carbocycles. The van der Waals surface area contributed by atoms with Gasteiger partial charge < -0.3 is 10.2 Å². The second-order valence-corrected chi connectivity index (χ2v) is 8.14. The van der Waals surface area contributed by atoms with Crippen LogP contribution in [0.3, 0.4) is 0 Å². The lowest BCUT2D eigenvalue weighted by Crippen LogP contribution is -2.49. The standard InChI is InChI=1S/C22H30FN3O4/c1-2-3-8-17(19(23)21(28)25-30)22(29)26-12-5-9-18(26)20(27)24-16-11-10-14-6-4-7-15(14)13-16/h10-11,13,17-19,30H,2-9,12H2,1H3,(H,24,27)(H,25,28)/t17?,18-,19?/m0/s1. The quantitative estimate of drug-likeness (QED) is 0.446. The molecule has 0 radical (unpaired) electrons. The Morgan fingerprint density at radius 3 is 2.73 bits per heavy atom. The van der Waals surface area contributed by atoms with E-state index in [0.29, 0.717) is 31.5 Å². The van der Waals surface area contributed by atoms with Crippen LogP contribution in [0.4, 0.5) is 10.1 Å². The van der Waals surface area contributed by atoms with Crippen LogP contribution in [0.1, 0.15) is 56.6 Å². The van der Waals surface area contributed by atoms with Crippen LogP contribution in [0.15, 0.2) is 18.2 Å². The Morgan fingerprint density at radius 2 is 2.00 bits per heavy atom. The van der Waals surface area contributed by atoms with Gasteiger partial charge in [-0.2, -0.15) is 0 Å². The van der Waals surface area contributed by atoms with Crippen LogP contribution < -0.4 is 10.8 Å². The lowest BCUT2D eigenvalue weighted by molar-refractivity contribution is -0.148. The SMILES string of the molecule is CCCCC(C(=O)N1CCC[C@H]1C(=O)Nc1ccc2c(c1)CCC2)C(F)C(=O)NO. The molecule has 30 heavy (non-hydrogen) atoms. The first kappa shape index (κ1) is 22.2. The minimum atomic E-state index is -2.16. The second-order valence-electron chi connectivity index (χ2n) is 8.14. The summed E-state index contributed by atoms with van der Waals surface area (Å²) in [6.45, 7) is 2.25. The van der Waals surface area contributed by atoms with Crippen molar-refractivity contribution in [1.29, 1.82) is 0 Å². The minimum absolute atomic E-state index is 0.180. The minimum Gasteiger partial charge on any atom is -0.330 e. The lowest BCUT2D eigenvalue weighted by Gasteiger charge is -2.29. The number of nitrogens with one attached hydrogen (secondary N) is 2. The van der Waals surface area contributed by atoms with E-state index in [1.54, 1.807) is 0 Å². The van der Waals surface area contributed by atoms with Crippen LogP contribution in [0.2, 0.25) is 0 Å². The molecule has 2 aliphatic rings. The van der Waals surface area contributed by atoms with E-state index in [9.17, 15) is 18.8 Å². The van der Waals surface area contributed by atoms with Crippen molar-refractivity contribution < 1.29 is 24.0 Å². The molecule has 164 valence electrons. The first-order chi connectivity index (χ1) is 14.5. The molecule has 0 bridgehead atoms. The number of carbonyl (C=O) groups is 3. The smallest absolute Gasteiger partial charge is 0.278 e. The Labute approximate surface area is 176 Å². The third kappa shape index (κ3) is 4.80. The summed E-state index contributed by atoms with van der Waals surface area (Å²) >= 11 is 0. The van der Waals surface area contributed by atoms with Crippen molar-refractivity contribution in [1.82, 2.24) is 10.4 Å². The number of aryl methyl sites for hydroxylation is 2. The van der Waals surface area contributed by atoms with Gasteiger partial charge in [0.2, 0.25) is 11.8 Å². The van der Waals surface area contributed by atoms with Crippen LogP contribution in [0.5, 0.6) is 0 Å². The molecule has 3 amide bonds. The van der Waals surface area contributed by atoms with Crippen molar-refractivity contribution in [3.8, 4) is 0 Å². The topological polar surface area (TPSA) is 98.7 Å². The Hall–Kier alpha value is -2.48. The summed E-state index contributed by atoms with van der Waals surface area (Å²) in [7, 11) is 0. The predicted molar refractivity (Wildman–Crippen MR) is 110 cm³/mol. The predicted octanol–water partition coefficient (Wildman–Crippen LogP) is 2.75. The fourth-order valence-electron chi connectivity index (χ4n) is 4.45. The highest BCUT2D eigenvalue weighted by atomic mass is 19.1. The monoisotopic (exact) mass is 419 g/mol. The Bertz CT molecular complexity index is 801. The highest BCUT2D eigenvalue weighted by molar-refractivity contribution is 5.98. The zero-order valence-corrected chi connectivity index (χ0v) is 17.3. The molecule has 1 aromatic carbocycles. The van der Waals surface area contributed by atoms with Gasteiger partial charge in [0.25, 0.3) is 5.91 Å². The molecule has 0 saturated carbocycles. The molecular weight excluding hydrogens is 389 g/mol. The maximum Gasteiger partial charge on any atom is 0.278 e. The molecule has 3 N–H and O–H groups in total. The number of unbranched alkanes of at least 4 members (excludes halogenated alkanes) is 1. The number of fused-ring (bicyclic) bond motifs is 1. The van der Waals surface area contributed by atoms with E-state index in [2.05, 4.69) is 5.32 Å². The summed E-state index contributed by atoms with van der Waals surface area (Å²) in [6.07, 6.45) is 3.62. The number of hydrogen-bond donors (Lipinski definition) is 3. The summed E-state index contributed by atoms with van der Waals surface area (Å²) in [5, 5.41) is 11.7. The summed E-state index contributed by atoms with van der Waals surface area (Å²) in [5.74, 6) is -3.30. The van der Waals surface area contributed by atoms with E-state index in [0.717, 1.165) is 25.7 Å². The van der Waals surface area contributed by atoms with Crippen LogP contribution >= 0.6 is 0 Å². The third-order valence-corrected chi connectivity index (χ3v) is 6.10. The molecule has 1 fully saturated rings. The normalized spacial score (nSPS) is 19.8. The van der Waals surface area contributed by atoms with Crippen molar-refractivity contribution in [2.24, 2.45) is 5.92 Å². The molecule has 7 nitrogen and oxygen atoms in total. The number of rotatable bonds is 8. The number of carbonyl (C=O) groups excluding carboxylic acids is 3. The molecule has 3 rings (SSSR count). The first-order valence-electron chi connectivity index (χ1n) is 10.8. The number of nitrogens with zero attached hydrogens (tertiary/aromatic N) is 1. The molecule has 1 aromatic rings. The largest absolute Gasteiger partial charge is 0.330 e. The van der Waals surface area contributed by atoms with E-state index >= 15 is 0 Å². The molecular formula is C22H30FN3O4. The number of likely N-dealkylation sites (tertiary alicyclic amines) is 1. The molecule has 3 atom stereocenters. The van der Waals surface area contributed by atoms with E-state index in [1.807, 2.05) is 25.1 Å². The third-order valence-electron chi connectivity index (χ3n) is 6.10. The fourth-order valence-corrected chi connectivity index (χ4v) is 4.45. The van der Waals surface area contributed by atoms with Crippen LogP contribution in [0.25, 0.3) is 0 Å². The Kier molecular flexibility index (Phi) is 7.42. The summed E-state index contributed by atoms with van der Waals surface area (Å²) in [6, 6.07) is 5.18. The van der Waals surface area contributed by atoms with Crippen LogP contribution in [-0.2, 0) is 27.2 Å². The Balaban J connectivity index is 1.71. The zero-order valence-electron chi connectivity index (χ0n) is 17.3. The lowest BCUT2D eigenvalue weighted by atomic mass is 9.94. The maximum absolute atomic E-state index is 14.6. The molecule has 1 heterocycles. The van der Waals surface area contributed by atoms with Gasteiger partial charge in [0.1, 0.15) is 6.04 Å².